The molecule has 0 bridgehead atoms. The largest absolute Gasteiger partial charge is 0.351 e. The van der Waals surface area contributed by atoms with E-state index in [0.717, 1.165) is 12.8 Å². The Kier molecular flexibility index (Phi) is 6.34. The standard InChI is InChI=1S/C10H25O3PSi/c1-7-8-9-12-14(11,10(2)3)13-15(4,5)6/h10H,7-9H2,1-6H3. The molecule has 0 radical (unpaired) electrons. The van der Waals surface area contributed by atoms with Crippen molar-refractivity contribution in [2.24, 2.45) is 0 Å². The van der Waals surface area contributed by atoms with Crippen LogP contribution in [0.25, 0.3) is 0 Å². The molecule has 0 aliphatic heterocycles. The molecule has 0 N–H and O–H groups in total. The molecule has 0 amide bonds. The van der Waals surface area contributed by atoms with Crippen LogP contribution >= 0.6 is 7.60 Å². The second-order valence-corrected chi connectivity index (χ2v) is 12.3. The van der Waals surface area contributed by atoms with Gasteiger partial charge in [0.2, 0.25) is 0 Å². The van der Waals surface area contributed by atoms with Gasteiger partial charge in [-0.3, -0.25) is 4.57 Å². The molecule has 0 aromatic heterocycles. The minimum Gasteiger partial charge on any atom is -0.351 e. The molecular formula is C10H25O3PSi. The summed E-state index contributed by atoms with van der Waals surface area (Å²) >= 11 is 0. The van der Waals surface area contributed by atoms with E-state index in [1.807, 2.05) is 33.5 Å². The van der Waals surface area contributed by atoms with Crippen molar-refractivity contribution in [1.82, 2.24) is 0 Å². The van der Waals surface area contributed by atoms with E-state index in [4.69, 9.17) is 8.74 Å². The van der Waals surface area contributed by atoms with E-state index in [1.165, 1.54) is 0 Å². The zero-order valence-electron chi connectivity index (χ0n) is 10.9. The van der Waals surface area contributed by atoms with Crippen LogP contribution in [0.1, 0.15) is 33.6 Å². The molecule has 0 heterocycles. The lowest BCUT2D eigenvalue weighted by atomic mass is 10.4. The first-order valence-electron chi connectivity index (χ1n) is 5.66. The summed E-state index contributed by atoms with van der Waals surface area (Å²) in [5.74, 6) is 0. The first-order chi connectivity index (χ1) is 6.71. The number of hydrogen-bond acceptors (Lipinski definition) is 3. The van der Waals surface area contributed by atoms with Crippen LogP contribution in [0.3, 0.4) is 0 Å². The van der Waals surface area contributed by atoms with Crippen molar-refractivity contribution in [3.05, 3.63) is 0 Å². The molecule has 0 aromatic rings. The highest BCUT2D eigenvalue weighted by Crippen LogP contribution is 2.54. The maximum absolute atomic E-state index is 12.4. The van der Waals surface area contributed by atoms with Gasteiger partial charge in [-0.15, -0.1) is 0 Å². The van der Waals surface area contributed by atoms with Gasteiger partial charge < -0.3 is 8.74 Å². The normalized spacial score (nSPS) is 16.7. The Hall–Kier alpha value is 0.367. The third kappa shape index (κ3) is 6.51. The van der Waals surface area contributed by atoms with Gasteiger partial charge >= 0.3 is 7.60 Å². The Morgan fingerprint density at radius 1 is 1.27 bits per heavy atom. The summed E-state index contributed by atoms with van der Waals surface area (Å²) in [7, 11) is -4.68. The van der Waals surface area contributed by atoms with Crippen LogP contribution in [0.5, 0.6) is 0 Å². The fourth-order valence-corrected chi connectivity index (χ4v) is 5.79. The molecule has 3 nitrogen and oxygen atoms in total. The van der Waals surface area contributed by atoms with Gasteiger partial charge in [-0.2, -0.15) is 0 Å². The Morgan fingerprint density at radius 2 is 1.80 bits per heavy atom. The quantitative estimate of drug-likeness (QED) is 0.386. The fraction of sp³-hybridized carbons (Fsp3) is 1.00. The summed E-state index contributed by atoms with van der Waals surface area (Å²) in [6, 6.07) is 0. The Bertz CT molecular complexity index is 223. The Morgan fingerprint density at radius 3 is 2.13 bits per heavy atom. The Balaban J connectivity index is 4.40. The van der Waals surface area contributed by atoms with Crippen LogP contribution in [-0.4, -0.2) is 20.6 Å². The average molecular weight is 252 g/mol. The lowest BCUT2D eigenvalue weighted by Gasteiger charge is -2.28. The summed E-state index contributed by atoms with van der Waals surface area (Å²) < 4.78 is 23.6. The maximum Gasteiger partial charge on any atom is 0.323 e. The molecule has 0 saturated carbocycles. The molecule has 0 aliphatic rings. The van der Waals surface area contributed by atoms with Crippen molar-refractivity contribution in [3.8, 4) is 0 Å². The van der Waals surface area contributed by atoms with Crippen LogP contribution in [0.2, 0.25) is 19.6 Å². The molecule has 1 unspecified atom stereocenters. The molecule has 0 fully saturated rings. The van der Waals surface area contributed by atoms with Crippen molar-refractivity contribution >= 4 is 15.9 Å². The van der Waals surface area contributed by atoms with Crippen molar-refractivity contribution in [3.63, 3.8) is 0 Å². The molecule has 0 saturated heterocycles. The lowest BCUT2D eigenvalue weighted by Crippen LogP contribution is -2.26. The average Bonchev–Trinajstić information content (AvgIpc) is 2.01. The van der Waals surface area contributed by atoms with E-state index in [2.05, 4.69) is 6.92 Å². The van der Waals surface area contributed by atoms with E-state index in [0.29, 0.717) is 6.61 Å². The predicted molar refractivity (Wildman–Crippen MR) is 68.0 cm³/mol. The van der Waals surface area contributed by atoms with Gasteiger partial charge in [-0.1, -0.05) is 27.2 Å². The summed E-state index contributed by atoms with van der Waals surface area (Å²) in [4.78, 5) is 0. The third-order valence-corrected chi connectivity index (χ3v) is 6.82. The first-order valence-corrected chi connectivity index (χ1v) is 10.7. The summed E-state index contributed by atoms with van der Waals surface area (Å²) in [6.07, 6.45) is 1.98. The van der Waals surface area contributed by atoms with E-state index in [9.17, 15) is 4.57 Å². The highest BCUT2D eigenvalue weighted by Gasteiger charge is 2.34. The van der Waals surface area contributed by atoms with Crippen molar-refractivity contribution in [2.75, 3.05) is 6.61 Å². The van der Waals surface area contributed by atoms with Crippen molar-refractivity contribution in [1.29, 1.82) is 0 Å². The number of hydrogen-bond donors (Lipinski definition) is 0. The summed E-state index contributed by atoms with van der Waals surface area (Å²) in [5, 5.41) is 0. The molecule has 0 aliphatic carbocycles. The number of rotatable bonds is 7. The molecule has 0 rings (SSSR count). The highest BCUT2D eigenvalue weighted by molar-refractivity contribution is 7.56. The molecule has 15 heavy (non-hydrogen) atoms. The second-order valence-electron chi connectivity index (χ2n) is 5.02. The molecular weight excluding hydrogens is 227 g/mol. The summed E-state index contributed by atoms with van der Waals surface area (Å²) in [6.45, 7) is 12.5. The second kappa shape index (κ2) is 6.19. The minimum atomic E-state index is -2.88. The van der Waals surface area contributed by atoms with Gasteiger partial charge in [0.25, 0.3) is 0 Å². The third-order valence-electron chi connectivity index (χ3n) is 1.80. The van der Waals surface area contributed by atoms with E-state index in [-0.39, 0.29) is 5.66 Å². The monoisotopic (exact) mass is 252 g/mol. The SMILES string of the molecule is CCCCOP(=O)(O[Si](C)(C)C)C(C)C. The predicted octanol–water partition coefficient (Wildman–Crippen LogP) is 4.26. The molecule has 92 valence electrons. The molecule has 1 atom stereocenters. The molecule has 0 spiro atoms. The first kappa shape index (κ1) is 15.4. The van der Waals surface area contributed by atoms with Crippen molar-refractivity contribution < 1.29 is 13.3 Å². The highest BCUT2D eigenvalue weighted by atomic mass is 31.2. The maximum atomic E-state index is 12.4. The van der Waals surface area contributed by atoms with Gasteiger partial charge in [0, 0.05) is 0 Å². The fourth-order valence-electron chi connectivity index (χ4n) is 0.999. The molecule has 0 aromatic carbocycles. The lowest BCUT2D eigenvalue weighted by molar-refractivity contribution is 0.253. The van der Waals surface area contributed by atoms with E-state index >= 15 is 0 Å². The summed E-state index contributed by atoms with van der Waals surface area (Å²) in [5.41, 5.74) is -0.0546. The number of unbranched alkanes of at least 4 members (excludes halogenated alkanes) is 1. The molecule has 5 heteroatoms. The Labute approximate surface area is 95.2 Å². The van der Waals surface area contributed by atoms with Gasteiger partial charge in [0.1, 0.15) is 0 Å². The van der Waals surface area contributed by atoms with Crippen LogP contribution in [-0.2, 0) is 13.3 Å². The van der Waals surface area contributed by atoms with Gasteiger partial charge in [0.15, 0.2) is 8.32 Å². The smallest absolute Gasteiger partial charge is 0.323 e. The van der Waals surface area contributed by atoms with Gasteiger partial charge in [-0.25, -0.2) is 0 Å². The van der Waals surface area contributed by atoms with Crippen LogP contribution in [0.4, 0.5) is 0 Å². The van der Waals surface area contributed by atoms with Crippen LogP contribution in [0, 0.1) is 0 Å². The van der Waals surface area contributed by atoms with Gasteiger partial charge in [-0.05, 0) is 26.1 Å². The van der Waals surface area contributed by atoms with E-state index < -0.39 is 15.9 Å². The van der Waals surface area contributed by atoms with Crippen LogP contribution in [0.15, 0.2) is 0 Å². The van der Waals surface area contributed by atoms with Gasteiger partial charge in [0.05, 0.1) is 12.3 Å². The van der Waals surface area contributed by atoms with Crippen molar-refractivity contribution in [2.45, 2.75) is 58.9 Å². The topological polar surface area (TPSA) is 35.5 Å². The van der Waals surface area contributed by atoms with E-state index in [1.54, 1.807) is 0 Å². The van der Waals surface area contributed by atoms with Crippen LogP contribution < -0.4 is 0 Å². The zero-order valence-corrected chi connectivity index (χ0v) is 12.8. The minimum absolute atomic E-state index is 0.0546. The zero-order chi connectivity index (χ0) is 12.1.